The van der Waals surface area contributed by atoms with Crippen molar-refractivity contribution >= 4 is 86.6 Å². The number of pyridine rings is 3. The Bertz CT molecular complexity index is 4160. The highest BCUT2D eigenvalue weighted by Gasteiger charge is 2.41. The van der Waals surface area contributed by atoms with E-state index in [2.05, 4.69) is 78.1 Å². The van der Waals surface area contributed by atoms with Crippen LogP contribution in [0.3, 0.4) is 0 Å². The number of ether oxygens (including phenoxy) is 3. The Kier molecular flexibility index (Phi) is 20.2. The van der Waals surface area contributed by atoms with E-state index >= 15 is 0 Å². The van der Waals surface area contributed by atoms with Crippen LogP contribution in [-0.2, 0) is 33.8 Å². The third kappa shape index (κ3) is 15.6. The Morgan fingerprint density at radius 2 is 0.737 bits per heavy atom. The maximum atomic E-state index is 13.2. The first-order valence-electron chi connectivity index (χ1n) is 33.4. The first kappa shape index (κ1) is 67.2. The third-order valence-corrected chi connectivity index (χ3v) is 17.9. The summed E-state index contributed by atoms with van der Waals surface area (Å²) in [5, 5.41) is 38.9. The molecule has 0 spiro atoms. The zero-order valence-corrected chi connectivity index (χ0v) is 54.8. The Hall–Kier alpha value is -10.4. The van der Waals surface area contributed by atoms with Crippen molar-refractivity contribution in [1.82, 2.24) is 73.4 Å². The van der Waals surface area contributed by atoms with Crippen LogP contribution in [-0.4, -0.2) is 171 Å². The first-order valence-corrected chi connectivity index (χ1v) is 33.4. The molecule has 0 bridgehead atoms. The molecular weight excluding hydrogens is 1290 g/mol. The average molecular weight is 1370 g/mol. The van der Waals surface area contributed by atoms with E-state index in [1.54, 1.807) is 108 Å². The van der Waals surface area contributed by atoms with Crippen molar-refractivity contribution in [3.05, 3.63) is 140 Å². The summed E-state index contributed by atoms with van der Waals surface area (Å²) in [5.74, 6) is 1.54. The SMILES string of the molecule is CNc1cc(Nc2cccn(CC3CCCCO3)c2=O)nc2c(C(=O)N[C@@H]3C[C@@H]3F)cnn12.CNc1cc(Nc2cccn(C[C@@H]3CCCCO3)c2=O)nc2c(C(=O)N[C@@H]3C[C@@H]3F)cnn12.CNc1cc(Nc2cccn(C[C@H]3CCCCO3)c2=O)nc2c(C(=O)N[C@@H]3C[C@@H]3F)cnn12. The summed E-state index contributed by atoms with van der Waals surface area (Å²) >= 11 is 0. The van der Waals surface area contributed by atoms with Crippen LogP contribution in [0.5, 0.6) is 0 Å². The standard InChI is InChI=1S/3C22H26FN7O3/c3*1-24-19-10-18(28-20-14(11-25-30(19)20)21(31)27-17-9-15(17)23)26-16-6-4-7-29(22(16)32)12-13-5-2-3-8-33-13/h3*4,6-7,10-11,13,15,17,24H,2-3,5,8-9,12H2,1H3,(H,26,28)(H,27,31)/t13?,15-,17+;13-,15+,17-;13-,15-,17+/m010/s1. The number of nitrogens with one attached hydrogen (secondary N) is 9. The maximum absolute atomic E-state index is 13.2. The van der Waals surface area contributed by atoms with Gasteiger partial charge in [-0.3, -0.25) is 28.8 Å². The molecule has 6 aliphatic rings. The Balaban J connectivity index is 0.000000133. The second kappa shape index (κ2) is 29.7. The minimum atomic E-state index is -1.01. The van der Waals surface area contributed by atoms with Crippen molar-refractivity contribution in [2.75, 3.05) is 72.9 Å². The van der Waals surface area contributed by atoms with Crippen LogP contribution < -0.4 is 64.5 Å². The van der Waals surface area contributed by atoms with Gasteiger partial charge in [0.05, 0.1) is 74.7 Å². The molecule has 33 heteroatoms. The fraction of sp³-hybridized carbons (Fsp3) is 0.455. The van der Waals surface area contributed by atoms with Gasteiger partial charge in [-0.25, -0.2) is 28.1 Å². The second-order valence-corrected chi connectivity index (χ2v) is 25.2. The molecule has 522 valence electrons. The lowest BCUT2D eigenvalue weighted by Gasteiger charge is -2.23. The molecule has 30 nitrogen and oxygen atoms in total. The molecule has 15 rings (SSSR count). The van der Waals surface area contributed by atoms with Crippen molar-refractivity contribution in [2.45, 2.75) is 152 Å². The minimum Gasteiger partial charge on any atom is -0.376 e. The number of rotatable bonds is 21. The van der Waals surface area contributed by atoms with Gasteiger partial charge >= 0.3 is 0 Å². The zero-order valence-electron chi connectivity index (χ0n) is 54.8. The molecular formula is C66H78F3N21O9. The number of carbonyl (C=O) groups is 3. The lowest BCUT2D eigenvalue weighted by molar-refractivity contribution is 0.00534. The van der Waals surface area contributed by atoms with Gasteiger partial charge in [-0.15, -0.1) is 0 Å². The number of nitrogens with zero attached hydrogens (tertiary/aromatic N) is 12. The number of anilines is 9. The van der Waals surface area contributed by atoms with Crippen molar-refractivity contribution in [2.24, 2.45) is 0 Å². The number of alkyl halides is 3. The largest absolute Gasteiger partial charge is 0.376 e. The van der Waals surface area contributed by atoms with Crippen LogP contribution in [0.4, 0.5) is 65.1 Å². The molecule has 1 unspecified atom stereocenters. The monoisotopic (exact) mass is 1370 g/mol. The molecule has 12 heterocycles. The topological polar surface area (TPSA) is 344 Å². The first-order chi connectivity index (χ1) is 48.1. The van der Waals surface area contributed by atoms with Gasteiger partial charge in [0.1, 0.15) is 87.2 Å². The molecule has 0 radical (unpaired) electrons. The molecule has 3 amide bonds. The fourth-order valence-electron chi connectivity index (χ4n) is 12.0. The van der Waals surface area contributed by atoms with Gasteiger partial charge in [-0.2, -0.15) is 28.8 Å². The molecule has 6 fully saturated rings. The highest BCUT2D eigenvalue weighted by molar-refractivity contribution is 6.02. The summed E-state index contributed by atoms with van der Waals surface area (Å²) in [6.45, 7) is 3.65. The zero-order chi connectivity index (χ0) is 68.8. The number of fused-ring (bicyclic) bond motifs is 3. The van der Waals surface area contributed by atoms with Crippen LogP contribution >= 0.6 is 0 Å². The Morgan fingerprint density at radius 3 is 0.980 bits per heavy atom. The Labute approximate surface area is 563 Å². The van der Waals surface area contributed by atoms with Gasteiger partial charge in [0.25, 0.3) is 34.4 Å². The van der Waals surface area contributed by atoms with Gasteiger partial charge in [0, 0.05) is 97.0 Å². The van der Waals surface area contributed by atoms with E-state index in [-0.39, 0.29) is 51.7 Å². The predicted molar refractivity (Wildman–Crippen MR) is 363 cm³/mol. The smallest absolute Gasteiger partial charge is 0.274 e. The molecule has 9 aromatic heterocycles. The normalized spacial score (nSPS) is 22.2. The van der Waals surface area contributed by atoms with Crippen molar-refractivity contribution < 1.29 is 41.8 Å². The number of aromatic nitrogens is 12. The van der Waals surface area contributed by atoms with Gasteiger partial charge in [0.2, 0.25) is 0 Å². The van der Waals surface area contributed by atoms with E-state index in [0.717, 1.165) is 77.6 Å². The third-order valence-electron chi connectivity index (χ3n) is 17.9. The number of halogens is 3. The van der Waals surface area contributed by atoms with Gasteiger partial charge in [0.15, 0.2) is 16.9 Å². The van der Waals surface area contributed by atoms with Gasteiger partial charge in [-0.1, -0.05) is 0 Å². The molecule has 3 saturated heterocycles. The van der Waals surface area contributed by atoms with Crippen molar-refractivity contribution in [3.8, 4) is 0 Å². The molecule has 99 heavy (non-hydrogen) atoms. The van der Waals surface area contributed by atoms with E-state index in [1.807, 2.05) is 0 Å². The Morgan fingerprint density at radius 1 is 0.455 bits per heavy atom. The summed E-state index contributed by atoms with van der Waals surface area (Å²) in [5.41, 5.74) is 2.09. The van der Waals surface area contributed by atoms with Crippen LogP contribution in [0, 0.1) is 0 Å². The maximum Gasteiger partial charge on any atom is 0.274 e. The lowest BCUT2D eigenvalue weighted by Crippen LogP contribution is -2.31. The van der Waals surface area contributed by atoms with E-state index in [1.165, 1.54) is 32.1 Å². The molecule has 9 N–H and O–H groups in total. The summed E-state index contributed by atoms with van der Waals surface area (Å²) < 4.78 is 66.3. The molecule has 9 atom stereocenters. The number of hydrogen-bond donors (Lipinski definition) is 9. The van der Waals surface area contributed by atoms with Crippen LogP contribution in [0.2, 0.25) is 0 Å². The van der Waals surface area contributed by atoms with Crippen LogP contribution in [0.1, 0.15) is 108 Å². The van der Waals surface area contributed by atoms with E-state index < -0.39 is 54.4 Å². The molecule has 0 aromatic carbocycles. The molecule has 3 aliphatic heterocycles. The number of hydrogen-bond acceptors (Lipinski definition) is 21. The van der Waals surface area contributed by atoms with Gasteiger partial charge in [-0.05, 0) is 94.2 Å². The quantitative estimate of drug-likeness (QED) is 0.0383. The fourth-order valence-corrected chi connectivity index (χ4v) is 12.0. The molecule has 9 aromatic rings. The number of carbonyl (C=O) groups excluding carboxylic acids is 3. The van der Waals surface area contributed by atoms with Crippen molar-refractivity contribution in [1.29, 1.82) is 0 Å². The lowest BCUT2D eigenvalue weighted by atomic mass is 10.1. The number of amides is 3. The summed E-state index contributed by atoms with van der Waals surface area (Å²) in [7, 11) is 5.16. The summed E-state index contributed by atoms with van der Waals surface area (Å²) in [6.07, 6.45) is 16.7. The minimum absolute atomic E-state index is 0.0281. The highest BCUT2D eigenvalue weighted by Crippen LogP contribution is 2.30. The summed E-state index contributed by atoms with van der Waals surface area (Å²) in [4.78, 5) is 90.4. The summed E-state index contributed by atoms with van der Waals surface area (Å²) in [6, 6.07) is 14.1. The second-order valence-electron chi connectivity index (χ2n) is 25.2. The van der Waals surface area contributed by atoms with Crippen LogP contribution in [0.15, 0.2) is 106 Å². The van der Waals surface area contributed by atoms with Crippen molar-refractivity contribution in [3.63, 3.8) is 0 Å². The van der Waals surface area contributed by atoms with Crippen LogP contribution in [0.25, 0.3) is 16.9 Å². The van der Waals surface area contributed by atoms with Gasteiger partial charge < -0.3 is 75.8 Å². The molecule has 3 aliphatic carbocycles. The highest BCUT2D eigenvalue weighted by atomic mass is 19.1. The average Bonchev–Trinajstić information content (AvgIpc) is 1.70. The molecule has 3 saturated carbocycles. The predicted octanol–water partition coefficient (Wildman–Crippen LogP) is 6.26. The van der Waals surface area contributed by atoms with E-state index in [0.29, 0.717) is 108 Å². The van der Waals surface area contributed by atoms with E-state index in [4.69, 9.17) is 14.2 Å². The van der Waals surface area contributed by atoms with E-state index in [9.17, 15) is 41.9 Å².